The van der Waals surface area contributed by atoms with Crippen molar-refractivity contribution in [3.05, 3.63) is 57.7 Å². The Kier molecular flexibility index (Phi) is 12.3. The molecule has 2 N–H and O–H groups in total. The Hall–Kier alpha value is -2.94. The van der Waals surface area contributed by atoms with Gasteiger partial charge in [-0.1, -0.05) is 54.4 Å². The third-order valence-electron chi connectivity index (χ3n) is 11.9. The minimum absolute atomic E-state index is 0.0132. The number of aliphatic hydroxyl groups is 2. The first-order valence-corrected chi connectivity index (χ1v) is 18.0. The molecule has 4 aliphatic rings. The van der Waals surface area contributed by atoms with Crippen molar-refractivity contribution >= 4 is 23.3 Å². The van der Waals surface area contributed by atoms with Gasteiger partial charge in [-0.05, 0) is 110 Å². The Balaban J connectivity index is 2.00. The maximum absolute atomic E-state index is 14.6. The molecule has 4 rings (SSSR count). The van der Waals surface area contributed by atoms with Gasteiger partial charge in [-0.15, -0.1) is 0 Å². The van der Waals surface area contributed by atoms with Crippen molar-refractivity contribution in [2.45, 2.75) is 137 Å². The van der Waals surface area contributed by atoms with Gasteiger partial charge in [-0.3, -0.25) is 19.2 Å². The molecule has 0 aromatic rings. The van der Waals surface area contributed by atoms with Gasteiger partial charge < -0.3 is 19.7 Å². The molecule has 0 saturated carbocycles. The highest BCUT2D eigenvalue weighted by Crippen LogP contribution is 2.55. The molecular weight excluding hydrogens is 620 g/mol. The van der Waals surface area contributed by atoms with Crippen molar-refractivity contribution in [3.8, 4) is 0 Å². The number of ketones is 3. The maximum atomic E-state index is 14.6. The lowest BCUT2D eigenvalue weighted by Gasteiger charge is -2.49. The Morgan fingerprint density at radius 1 is 1.00 bits per heavy atom. The fraction of sp³-hybridized carbons (Fsp3) is 0.659. The van der Waals surface area contributed by atoms with Gasteiger partial charge in [0, 0.05) is 30.6 Å². The maximum Gasteiger partial charge on any atom is 0.313 e. The summed E-state index contributed by atoms with van der Waals surface area (Å²) in [5.41, 5.74) is 1.73. The van der Waals surface area contributed by atoms with E-state index in [1.807, 2.05) is 53.7 Å². The van der Waals surface area contributed by atoms with E-state index in [0.29, 0.717) is 43.3 Å². The summed E-state index contributed by atoms with van der Waals surface area (Å²) in [4.78, 5) is 57.1. The molecule has 8 heteroatoms. The summed E-state index contributed by atoms with van der Waals surface area (Å²) in [5, 5.41) is 23.6. The number of ether oxygens (including phenoxy) is 2. The monoisotopic (exact) mass is 678 g/mol. The van der Waals surface area contributed by atoms with E-state index in [0.717, 1.165) is 22.3 Å². The predicted molar refractivity (Wildman–Crippen MR) is 189 cm³/mol. The Labute approximate surface area is 292 Å². The molecule has 49 heavy (non-hydrogen) atoms. The summed E-state index contributed by atoms with van der Waals surface area (Å²) in [6.45, 7) is 15.0. The third kappa shape index (κ3) is 8.02. The second kappa shape index (κ2) is 15.5. The molecule has 2 aliphatic carbocycles. The number of carbonyl (C=O) groups excluding carboxylic acids is 4. The Bertz CT molecular complexity index is 1490. The van der Waals surface area contributed by atoms with Crippen molar-refractivity contribution < 1.29 is 38.9 Å². The summed E-state index contributed by atoms with van der Waals surface area (Å²) in [6.07, 6.45) is 8.15. The molecule has 8 nitrogen and oxygen atoms in total. The minimum Gasteiger partial charge on any atom is -0.469 e. The van der Waals surface area contributed by atoms with Crippen LogP contribution in [0.2, 0.25) is 0 Å². The molecule has 2 bridgehead atoms. The van der Waals surface area contributed by atoms with E-state index in [2.05, 4.69) is 6.08 Å². The third-order valence-corrected chi connectivity index (χ3v) is 11.9. The highest BCUT2D eigenvalue weighted by Gasteiger charge is 2.59. The molecule has 0 unspecified atom stereocenters. The quantitative estimate of drug-likeness (QED) is 0.239. The van der Waals surface area contributed by atoms with Crippen molar-refractivity contribution in [1.29, 1.82) is 0 Å². The molecule has 0 saturated heterocycles. The topological polar surface area (TPSA) is 127 Å². The lowest BCUT2D eigenvalue weighted by molar-refractivity contribution is -0.173. The summed E-state index contributed by atoms with van der Waals surface area (Å²) >= 11 is 0. The van der Waals surface area contributed by atoms with Gasteiger partial charge in [-0.25, -0.2) is 0 Å². The van der Waals surface area contributed by atoms with Crippen LogP contribution in [-0.4, -0.2) is 64.6 Å². The number of carbonyl (C=O) groups is 4. The number of fused-ring (bicyclic) bond motifs is 5. The summed E-state index contributed by atoms with van der Waals surface area (Å²) < 4.78 is 12.0. The number of Topliss-reactive ketones (excluding diaryl/α,β-unsaturated/α-hetero) is 2. The zero-order valence-electron chi connectivity index (χ0n) is 31.1. The molecule has 0 aromatic heterocycles. The van der Waals surface area contributed by atoms with Gasteiger partial charge >= 0.3 is 5.97 Å². The average Bonchev–Trinajstić information content (AvgIpc) is 3.03. The molecule has 2 heterocycles. The van der Waals surface area contributed by atoms with Gasteiger partial charge in [0.25, 0.3) is 0 Å². The van der Waals surface area contributed by atoms with E-state index >= 15 is 0 Å². The Morgan fingerprint density at radius 3 is 2.35 bits per heavy atom. The molecular formula is C41H58O8. The molecule has 0 spiro atoms. The second-order valence-electron chi connectivity index (χ2n) is 15.8. The number of allylic oxidation sites excluding steroid dienone is 7. The van der Waals surface area contributed by atoms with E-state index < -0.39 is 46.9 Å². The number of hydrogen-bond acceptors (Lipinski definition) is 8. The van der Waals surface area contributed by atoms with E-state index in [9.17, 15) is 29.4 Å². The van der Waals surface area contributed by atoms with Crippen LogP contribution in [0.5, 0.6) is 0 Å². The fourth-order valence-electron chi connectivity index (χ4n) is 8.44. The van der Waals surface area contributed by atoms with Gasteiger partial charge in [0.15, 0.2) is 11.6 Å². The molecule has 0 aromatic carbocycles. The standard InChI is InChI=1S/C41H58O8/c1-23(2)29-20-33(42)26(5)12-10-11-24(3)18-34(43)32-19-28(7)30-21-37(45)40(8,47)38-16-14-27(6)36(49-38)15-13-25(4)17-31(30)41(32,22-35(29)44)39(46)48-9/h12,14,17-18,23,29,31-32,36-38,45,47H,10-11,13,15-16,19-22H2,1-9H3/b24-18+,25-17+,26-12+/t29-,31-,32+,36-,37-,38+,40-,41-/m1/s1. The number of methoxy groups -OCH3 is 1. The number of rotatable bonds is 2. The van der Waals surface area contributed by atoms with E-state index in [4.69, 9.17) is 9.47 Å². The molecule has 0 amide bonds. The van der Waals surface area contributed by atoms with Crippen molar-refractivity contribution in [2.75, 3.05) is 7.11 Å². The smallest absolute Gasteiger partial charge is 0.313 e. The van der Waals surface area contributed by atoms with Crippen LogP contribution in [0.4, 0.5) is 0 Å². The Morgan fingerprint density at radius 2 is 1.69 bits per heavy atom. The number of esters is 1. The number of aliphatic hydroxyl groups excluding tert-OH is 1. The molecule has 0 radical (unpaired) electrons. The molecule has 0 fully saturated rings. The van der Waals surface area contributed by atoms with E-state index in [1.165, 1.54) is 7.11 Å². The van der Waals surface area contributed by atoms with Crippen LogP contribution in [0.25, 0.3) is 0 Å². The summed E-state index contributed by atoms with van der Waals surface area (Å²) in [7, 11) is 1.29. The highest BCUT2D eigenvalue weighted by molar-refractivity contribution is 6.02. The van der Waals surface area contributed by atoms with E-state index in [-0.39, 0.29) is 55.1 Å². The minimum atomic E-state index is -1.64. The SMILES string of the molecule is COC(=O)[C@@]12CC(=O)[C@@H](C(C)C)CC(=O)/C(C)=C/CC/C(C)=C/C(=O)[C@@H]1CC(C)=C1C[C@@H](O)[C@@](C)(O)[C@@H]3CC=C(C)[C@@H](CC/C(C)=C/[C@H]12)O3. The summed E-state index contributed by atoms with van der Waals surface area (Å²) in [6, 6.07) is 0. The van der Waals surface area contributed by atoms with Crippen molar-refractivity contribution in [3.63, 3.8) is 0 Å². The van der Waals surface area contributed by atoms with Crippen LogP contribution in [-0.2, 0) is 28.7 Å². The highest BCUT2D eigenvalue weighted by atomic mass is 16.5. The van der Waals surface area contributed by atoms with Crippen LogP contribution in [0.15, 0.2) is 57.7 Å². The first kappa shape index (κ1) is 38.9. The van der Waals surface area contributed by atoms with Crippen LogP contribution in [0, 0.1) is 29.1 Å². The zero-order chi connectivity index (χ0) is 36.4. The fourth-order valence-corrected chi connectivity index (χ4v) is 8.44. The van der Waals surface area contributed by atoms with Crippen LogP contribution in [0.1, 0.15) is 113 Å². The first-order chi connectivity index (χ1) is 22.9. The van der Waals surface area contributed by atoms with Gasteiger partial charge in [0.2, 0.25) is 0 Å². The van der Waals surface area contributed by atoms with Gasteiger partial charge in [-0.2, -0.15) is 0 Å². The lowest BCUT2D eigenvalue weighted by Crippen LogP contribution is -2.55. The van der Waals surface area contributed by atoms with Gasteiger partial charge in [0.05, 0.1) is 30.8 Å². The normalized spacial score (nSPS) is 39.0. The zero-order valence-corrected chi connectivity index (χ0v) is 31.1. The van der Waals surface area contributed by atoms with Crippen molar-refractivity contribution in [2.24, 2.45) is 29.1 Å². The van der Waals surface area contributed by atoms with Crippen LogP contribution >= 0.6 is 0 Å². The largest absolute Gasteiger partial charge is 0.469 e. The van der Waals surface area contributed by atoms with Crippen LogP contribution < -0.4 is 0 Å². The lowest BCUT2D eigenvalue weighted by atomic mass is 9.53. The summed E-state index contributed by atoms with van der Waals surface area (Å²) in [5.74, 6) is -3.81. The number of hydrogen-bond donors (Lipinski definition) is 2. The van der Waals surface area contributed by atoms with E-state index in [1.54, 1.807) is 19.9 Å². The average molecular weight is 679 g/mol. The molecule has 2 aliphatic heterocycles. The first-order valence-electron chi connectivity index (χ1n) is 18.0. The van der Waals surface area contributed by atoms with Gasteiger partial charge in [0.1, 0.15) is 11.4 Å². The predicted octanol–water partition coefficient (Wildman–Crippen LogP) is 6.89. The molecule has 270 valence electrons. The second-order valence-corrected chi connectivity index (χ2v) is 15.8. The van der Waals surface area contributed by atoms with Crippen molar-refractivity contribution in [1.82, 2.24) is 0 Å². The van der Waals surface area contributed by atoms with Crippen LogP contribution in [0.3, 0.4) is 0 Å². The molecule has 8 atom stereocenters.